The van der Waals surface area contributed by atoms with E-state index in [0.29, 0.717) is 10.2 Å². The molecule has 0 amide bonds. The zero-order chi connectivity index (χ0) is 7.28. The quantitative estimate of drug-likeness (QED) is 0.530. The van der Waals surface area contributed by atoms with Crippen molar-refractivity contribution >= 4 is 38.8 Å². The Hall–Kier alpha value is 0.590. The summed E-state index contributed by atoms with van der Waals surface area (Å²) in [6.45, 7) is 4.14. The van der Waals surface area contributed by atoms with Crippen molar-refractivity contribution in [2.45, 2.75) is 19.1 Å². The first kappa shape index (κ1) is 9.59. The highest BCUT2D eigenvalue weighted by molar-refractivity contribution is 8.77. The van der Waals surface area contributed by atoms with Gasteiger partial charge in [0, 0.05) is 5.75 Å². The fourth-order valence-electron chi connectivity index (χ4n) is 0.218. The summed E-state index contributed by atoms with van der Waals surface area (Å²) >= 11 is 4.78. The molecule has 1 unspecified atom stereocenters. The van der Waals surface area contributed by atoms with E-state index in [1.165, 1.54) is 0 Å². The van der Waals surface area contributed by atoms with Crippen LogP contribution < -0.4 is 5.73 Å². The fraction of sp³-hybridized carbons (Fsp3) is 0.800. The molecule has 0 fully saturated rings. The number of rotatable bonds is 4. The average molecular weight is 181 g/mol. The van der Waals surface area contributed by atoms with Crippen LogP contribution in [0.5, 0.6) is 0 Å². The van der Waals surface area contributed by atoms with Crippen LogP contribution >= 0.6 is 33.8 Å². The van der Waals surface area contributed by atoms with Gasteiger partial charge in [-0.3, -0.25) is 0 Å². The molecule has 0 aromatic heterocycles. The van der Waals surface area contributed by atoms with Crippen LogP contribution in [-0.4, -0.2) is 16.0 Å². The molecule has 0 rings (SSSR count). The molecule has 0 aromatic carbocycles. The molecule has 0 spiro atoms. The molecular weight excluding hydrogens is 170 g/mol. The van der Waals surface area contributed by atoms with E-state index in [0.717, 1.165) is 5.75 Å². The van der Waals surface area contributed by atoms with E-state index in [1.54, 1.807) is 21.6 Å². The van der Waals surface area contributed by atoms with E-state index in [2.05, 4.69) is 6.92 Å². The minimum Gasteiger partial charge on any atom is -0.392 e. The molecule has 1 atom stereocenters. The van der Waals surface area contributed by atoms with Gasteiger partial charge >= 0.3 is 0 Å². The Kier molecular flexibility index (Phi) is 5.73. The van der Waals surface area contributed by atoms with Crippen molar-refractivity contribution in [3.63, 3.8) is 0 Å². The molecule has 0 saturated heterocycles. The van der Waals surface area contributed by atoms with Crippen molar-refractivity contribution in [2.24, 2.45) is 5.73 Å². The van der Waals surface area contributed by atoms with Crippen LogP contribution in [0.3, 0.4) is 0 Å². The van der Waals surface area contributed by atoms with Crippen molar-refractivity contribution in [1.82, 2.24) is 0 Å². The Morgan fingerprint density at radius 3 is 2.67 bits per heavy atom. The third-order valence-corrected chi connectivity index (χ3v) is 4.13. The van der Waals surface area contributed by atoms with Gasteiger partial charge in [-0.05, 0) is 6.92 Å². The Bertz CT molecular complexity index is 94.2. The molecule has 0 radical (unpaired) electrons. The minimum absolute atomic E-state index is 0.310. The monoisotopic (exact) mass is 181 g/mol. The van der Waals surface area contributed by atoms with E-state index in [9.17, 15) is 0 Å². The molecule has 0 aliphatic heterocycles. The van der Waals surface area contributed by atoms with Gasteiger partial charge in [0.25, 0.3) is 0 Å². The molecule has 0 aliphatic rings. The summed E-state index contributed by atoms with van der Waals surface area (Å²) < 4.78 is 0. The summed E-state index contributed by atoms with van der Waals surface area (Å²) in [6, 6.07) is 0. The molecule has 4 heteroatoms. The molecule has 0 heterocycles. The Morgan fingerprint density at radius 2 is 2.33 bits per heavy atom. The number of hydrogen-bond donors (Lipinski definition) is 1. The average Bonchev–Trinajstić information content (AvgIpc) is 1.82. The van der Waals surface area contributed by atoms with Crippen molar-refractivity contribution in [3.05, 3.63) is 0 Å². The molecular formula is C5H11NS3. The van der Waals surface area contributed by atoms with Gasteiger partial charge in [0.2, 0.25) is 0 Å². The topological polar surface area (TPSA) is 26.0 Å². The summed E-state index contributed by atoms with van der Waals surface area (Å²) in [5.74, 6) is 1.11. The van der Waals surface area contributed by atoms with Crippen LogP contribution in [0, 0.1) is 0 Å². The van der Waals surface area contributed by atoms with Gasteiger partial charge in [-0.1, -0.05) is 40.7 Å². The van der Waals surface area contributed by atoms with Crippen LogP contribution in [0.2, 0.25) is 0 Å². The third-order valence-electron chi connectivity index (χ3n) is 0.731. The summed E-state index contributed by atoms with van der Waals surface area (Å²) in [5, 5.41) is 0.310. The molecule has 9 heavy (non-hydrogen) atoms. The van der Waals surface area contributed by atoms with E-state index in [4.69, 9.17) is 18.0 Å². The lowest BCUT2D eigenvalue weighted by molar-refractivity contribution is 1.32. The second-order valence-corrected chi connectivity index (χ2v) is 5.02. The van der Waals surface area contributed by atoms with Crippen molar-refractivity contribution < 1.29 is 0 Å². The Labute approximate surface area is 69.5 Å². The van der Waals surface area contributed by atoms with Gasteiger partial charge in [-0.25, -0.2) is 0 Å². The normalized spacial score (nSPS) is 13.1. The maximum absolute atomic E-state index is 5.37. The Morgan fingerprint density at radius 1 is 1.78 bits per heavy atom. The van der Waals surface area contributed by atoms with Gasteiger partial charge in [-0.2, -0.15) is 0 Å². The fourth-order valence-corrected chi connectivity index (χ4v) is 2.31. The summed E-state index contributed by atoms with van der Waals surface area (Å²) in [4.78, 5) is 0.598. The van der Waals surface area contributed by atoms with Gasteiger partial charge in [0.05, 0.1) is 10.2 Å². The van der Waals surface area contributed by atoms with Crippen molar-refractivity contribution in [2.75, 3.05) is 5.75 Å². The van der Waals surface area contributed by atoms with Crippen LogP contribution in [0.1, 0.15) is 13.8 Å². The smallest absolute Gasteiger partial charge is 0.0865 e. The minimum atomic E-state index is 0.310. The standard InChI is InChI=1S/C5H11NS3/c1-3-8-9-4(2)5(6)7/h4H,3H2,1-2H3,(H2,6,7). The number of hydrogen-bond acceptors (Lipinski definition) is 3. The summed E-state index contributed by atoms with van der Waals surface area (Å²) in [6.07, 6.45) is 0. The zero-order valence-electron chi connectivity index (χ0n) is 5.59. The predicted octanol–water partition coefficient (Wildman–Crippen LogP) is 2.06. The lowest BCUT2D eigenvalue weighted by Gasteiger charge is -2.05. The van der Waals surface area contributed by atoms with Gasteiger partial charge in [0.15, 0.2) is 0 Å². The Balaban J connectivity index is 3.27. The second-order valence-electron chi connectivity index (χ2n) is 1.55. The molecule has 0 bridgehead atoms. The first-order valence-electron chi connectivity index (χ1n) is 2.76. The van der Waals surface area contributed by atoms with Crippen LogP contribution in [-0.2, 0) is 0 Å². The SMILES string of the molecule is CCSSC(C)C(N)=S. The molecule has 0 aliphatic carbocycles. The lowest BCUT2D eigenvalue weighted by Crippen LogP contribution is -2.19. The van der Waals surface area contributed by atoms with Crippen molar-refractivity contribution in [1.29, 1.82) is 0 Å². The van der Waals surface area contributed by atoms with Gasteiger partial charge in [0.1, 0.15) is 0 Å². The molecule has 54 valence electrons. The predicted molar refractivity (Wildman–Crippen MR) is 52.0 cm³/mol. The van der Waals surface area contributed by atoms with Crippen LogP contribution in [0.25, 0.3) is 0 Å². The van der Waals surface area contributed by atoms with Gasteiger partial charge < -0.3 is 5.73 Å². The first-order chi connectivity index (χ1) is 4.18. The largest absolute Gasteiger partial charge is 0.392 e. The van der Waals surface area contributed by atoms with Crippen molar-refractivity contribution in [3.8, 4) is 0 Å². The molecule has 0 aromatic rings. The molecule has 1 nitrogen and oxygen atoms in total. The second kappa shape index (κ2) is 5.38. The van der Waals surface area contributed by atoms with Crippen LogP contribution in [0.15, 0.2) is 0 Å². The zero-order valence-corrected chi connectivity index (χ0v) is 8.04. The maximum atomic E-state index is 5.37. The van der Waals surface area contributed by atoms with E-state index in [-0.39, 0.29) is 0 Å². The highest BCUT2D eigenvalue weighted by Gasteiger charge is 2.03. The van der Waals surface area contributed by atoms with E-state index in [1.807, 2.05) is 6.92 Å². The molecule has 2 N–H and O–H groups in total. The molecule has 0 saturated carbocycles. The van der Waals surface area contributed by atoms with Crippen LogP contribution in [0.4, 0.5) is 0 Å². The maximum Gasteiger partial charge on any atom is 0.0865 e. The van der Waals surface area contributed by atoms with E-state index >= 15 is 0 Å². The highest BCUT2D eigenvalue weighted by atomic mass is 33.1. The lowest BCUT2D eigenvalue weighted by atomic mass is 10.5. The first-order valence-corrected chi connectivity index (χ1v) is 5.55. The third kappa shape index (κ3) is 5.06. The number of thiocarbonyl (C=S) groups is 1. The highest BCUT2D eigenvalue weighted by Crippen LogP contribution is 2.25. The summed E-state index contributed by atoms with van der Waals surface area (Å²) in [7, 11) is 3.53. The summed E-state index contributed by atoms with van der Waals surface area (Å²) in [5.41, 5.74) is 5.37. The number of nitrogens with two attached hydrogens (primary N) is 1. The van der Waals surface area contributed by atoms with E-state index < -0.39 is 0 Å². The van der Waals surface area contributed by atoms with Gasteiger partial charge in [-0.15, -0.1) is 0 Å².